The molecular formula is C25H21N5OS. The molecule has 0 aliphatic carbocycles. The van der Waals surface area contributed by atoms with Crippen molar-refractivity contribution in [2.45, 2.75) is 19.8 Å². The summed E-state index contributed by atoms with van der Waals surface area (Å²) in [5.41, 5.74) is 4.54. The fourth-order valence-electron chi connectivity index (χ4n) is 3.33. The summed E-state index contributed by atoms with van der Waals surface area (Å²) in [6, 6.07) is 19.9. The van der Waals surface area contributed by atoms with Crippen molar-refractivity contribution in [2.24, 2.45) is 0 Å². The largest absolute Gasteiger partial charge is 0.437 e. The zero-order valence-corrected chi connectivity index (χ0v) is 18.3. The number of ether oxygens (including phenoxy) is 1. The highest BCUT2D eigenvalue weighted by Gasteiger charge is 2.11. The van der Waals surface area contributed by atoms with Gasteiger partial charge in [-0.05, 0) is 55.0 Å². The van der Waals surface area contributed by atoms with Crippen molar-refractivity contribution in [1.82, 2.24) is 19.9 Å². The number of benzene rings is 2. The molecule has 5 aromatic rings. The summed E-state index contributed by atoms with van der Waals surface area (Å²) in [6.07, 6.45) is 7.14. The van der Waals surface area contributed by atoms with Gasteiger partial charge >= 0.3 is 0 Å². The third-order valence-electron chi connectivity index (χ3n) is 4.88. The Balaban J connectivity index is 1.32. The summed E-state index contributed by atoms with van der Waals surface area (Å²) in [4.78, 5) is 18.0. The molecular weight excluding hydrogens is 418 g/mol. The predicted octanol–water partition coefficient (Wildman–Crippen LogP) is 6.64. The number of hydrogen-bond donors (Lipinski definition) is 1. The van der Waals surface area contributed by atoms with Gasteiger partial charge in [-0.2, -0.15) is 0 Å². The Kier molecular flexibility index (Phi) is 5.72. The van der Waals surface area contributed by atoms with Crippen LogP contribution in [0.4, 0.5) is 10.8 Å². The minimum absolute atomic E-state index is 0.449. The Morgan fingerprint density at radius 2 is 1.75 bits per heavy atom. The van der Waals surface area contributed by atoms with E-state index in [2.05, 4.69) is 38.2 Å². The maximum Gasteiger partial charge on any atom is 0.246 e. The molecule has 1 N–H and O–H groups in total. The molecule has 0 aliphatic heterocycles. The number of hydrogen-bond acceptors (Lipinski definition) is 7. The first-order chi connectivity index (χ1) is 15.8. The number of nitrogens with one attached hydrogen (secondary N) is 1. The summed E-state index contributed by atoms with van der Waals surface area (Å²) >= 11 is 1.62. The summed E-state index contributed by atoms with van der Waals surface area (Å²) in [6.45, 7) is 2.14. The molecule has 0 bridgehead atoms. The lowest BCUT2D eigenvalue weighted by Gasteiger charge is -2.10. The molecule has 0 saturated carbocycles. The van der Waals surface area contributed by atoms with Gasteiger partial charge < -0.3 is 10.1 Å². The van der Waals surface area contributed by atoms with E-state index in [1.54, 1.807) is 23.7 Å². The quantitative estimate of drug-likeness (QED) is 0.307. The Morgan fingerprint density at radius 3 is 2.53 bits per heavy atom. The molecule has 0 amide bonds. The van der Waals surface area contributed by atoms with Crippen molar-refractivity contribution < 1.29 is 4.74 Å². The molecule has 0 aliphatic rings. The number of rotatable bonds is 7. The molecule has 0 spiro atoms. The third kappa shape index (κ3) is 4.43. The van der Waals surface area contributed by atoms with E-state index >= 15 is 0 Å². The van der Waals surface area contributed by atoms with Crippen molar-refractivity contribution >= 4 is 32.4 Å². The highest BCUT2D eigenvalue weighted by atomic mass is 32.1. The van der Waals surface area contributed by atoms with Crippen LogP contribution in [0.2, 0.25) is 0 Å². The number of fused-ring (bicyclic) bond motifs is 1. The van der Waals surface area contributed by atoms with Crippen LogP contribution in [-0.4, -0.2) is 19.9 Å². The molecule has 0 atom stereocenters. The van der Waals surface area contributed by atoms with E-state index < -0.39 is 0 Å². The lowest BCUT2D eigenvalue weighted by Crippen LogP contribution is -1.96. The number of aryl methyl sites for hydroxylation is 1. The van der Waals surface area contributed by atoms with Crippen LogP contribution in [0.1, 0.15) is 19.0 Å². The van der Waals surface area contributed by atoms with Gasteiger partial charge in [-0.1, -0.05) is 36.8 Å². The topological polar surface area (TPSA) is 72.8 Å². The Bertz CT molecular complexity index is 1300. The fraction of sp³-hybridized carbons (Fsp3) is 0.120. The number of pyridine rings is 1. The van der Waals surface area contributed by atoms with Gasteiger partial charge in [0.15, 0.2) is 5.13 Å². The molecule has 7 heteroatoms. The summed E-state index contributed by atoms with van der Waals surface area (Å²) in [7, 11) is 0. The van der Waals surface area contributed by atoms with Gasteiger partial charge in [0.2, 0.25) is 5.88 Å². The highest BCUT2D eigenvalue weighted by molar-refractivity contribution is 7.22. The van der Waals surface area contributed by atoms with Crippen molar-refractivity contribution in [1.29, 1.82) is 0 Å². The summed E-state index contributed by atoms with van der Waals surface area (Å²) < 4.78 is 7.21. The average Bonchev–Trinajstić information content (AvgIpc) is 3.24. The van der Waals surface area contributed by atoms with Crippen molar-refractivity contribution in [3.8, 4) is 22.9 Å². The Labute approximate surface area is 190 Å². The van der Waals surface area contributed by atoms with Gasteiger partial charge in [-0.15, -0.1) is 0 Å². The van der Waals surface area contributed by atoms with Crippen molar-refractivity contribution in [3.63, 3.8) is 0 Å². The predicted molar refractivity (Wildman–Crippen MR) is 129 cm³/mol. The number of aromatic nitrogens is 4. The first-order valence-corrected chi connectivity index (χ1v) is 11.3. The molecule has 2 aromatic carbocycles. The van der Waals surface area contributed by atoms with E-state index in [0.29, 0.717) is 17.3 Å². The van der Waals surface area contributed by atoms with Crippen molar-refractivity contribution in [3.05, 3.63) is 84.9 Å². The van der Waals surface area contributed by atoms with Gasteiger partial charge in [0.05, 0.1) is 10.2 Å². The van der Waals surface area contributed by atoms with E-state index in [9.17, 15) is 0 Å². The Hall–Kier alpha value is -3.84. The lowest BCUT2D eigenvalue weighted by atomic mass is 10.1. The average molecular weight is 440 g/mol. The van der Waals surface area contributed by atoms with E-state index in [4.69, 9.17) is 4.74 Å². The fourth-order valence-corrected chi connectivity index (χ4v) is 4.22. The molecule has 0 radical (unpaired) electrons. The number of para-hydroxylation sites is 1. The summed E-state index contributed by atoms with van der Waals surface area (Å²) in [5, 5.41) is 4.21. The van der Waals surface area contributed by atoms with E-state index in [0.717, 1.165) is 45.1 Å². The zero-order chi connectivity index (χ0) is 21.8. The molecule has 3 heterocycles. The van der Waals surface area contributed by atoms with Crippen LogP contribution in [0, 0.1) is 0 Å². The monoisotopic (exact) mass is 439 g/mol. The lowest BCUT2D eigenvalue weighted by molar-refractivity contribution is 0.462. The molecule has 5 rings (SSSR count). The van der Waals surface area contributed by atoms with Crippen LogP contribution in [0.3, 0.4) is 0 Å². The van der Waals surface area contributed by atoms with Crippen LogP contribution < -0.4 is 10.1 Å². The SMILES string of the molecule is CCCc1ccc(-c2nccnc2Oc2ccc(Nc3nc4ccccc4s3)cc2)cn1. The van der Waals surface area contributed by atoms with Gasteiger partial charge in [0.25, 0.3) is 0 Å². The van der Waals surface area contributed by atoms with E-state index in [1.807, 2.05) is 60.8 Å². The zero-order valence-electron chi connectivity index (χ0n) is 17.5. The highest BCUT2D eigenvalue weighted by Crippen LogP contribution is 2.31. The normalized spacial score (nSPS) is 10.9. The van der Waals surface area contributed by atoms with Crippen LogP contribution in [0.5, 0.6) is 11.6 Å². The second-order valence-corrected chi connectivity index (χ2v) is 8.27. The van der Waals surface area contributed by atoms with E-state index in [1.165, 1.54) is 0 Å². The first-order valence-electron chi connectivity index (χ1n) is 10.5. The smallest absolute Gasteiger partial charge is 0.246 e. The van der Waals surface area contributed by atoms with E-state index in [-0.39, 0.29) is 0 Å². The maximum atomic E-state index is 6.05. The van der Waals surface area contributed by atoms with Crippen LogP contribution in [0.15, 0.2) is 79.3 Å². The summed E-state index contributed by atoms with van der Waals surface area (Å²) in [5.74, 6) is 1.13. The van der Waals surface area contributed by atoms with Crippen molar-refractivity contribution in [2.75, 3.05) is 5.32 Å². The minimum Gasteiger partial charge on any atom is -0.437 e. The second-order valence-electron chi connectivity index (χ2n) is 7.24. The molecule has 158 valence electrons. The molecule has 0 saturated heterocycles. The standard InChI is InChI=1S/C25H21N5OS/c1-2-5-18-9-8-17(16-28-18)23-24(27-15-14-26-23)31-20-12-10-19(11-13-20)29-25-30-21-6-3-4-7-22(21)32-25/h3-4,6-16H,2,5H2,1H3,(H,29,30). The molecule has 0 fully saturated rings. The number of thiazole rings is 1. The molecule has 3 aromatic heterocycles. The molecule has 32 heavy (non-hydrogen) atoms. The minimum atomic E-state index is 0.449. The first kappa shape index (κ1) is 20.1. The number of anilines is 2. The van der Waals surface area contributed by atoms with Gasteiger partial charge in [-0.3, -0.25) is 4.98 Å². The van der Waals surface area contributed by atoms with Gasteiger partial charge in [0.1, 0.15) is 11.4 Å². The maximum absolute atomic E-state index is 6.05. The Morgan fingerprint density at radius 1 is 0.906 bits per heavy atom. The molecule has 6 nitrogen and oxygen atoms in total. The van der Waals surface area contributed by atoms with Crippen LogP contribution in [0.25, 0.3) is 21.5 Å². The van der Waals surface area contributed by atoms with Crippen LogP contribution >= 0.6 is 11.3 Å². The third-order valence-corrected chi connectivity index (χ3v) is 5.83. The van der Waals surface area contributed by atoms with Gasteiger partial charge in [0, 0.05) is 35.5 Å². The van der Waals surface area contributed by atoms with Gasteiger partial charge in [-0.25, -0.2) is 15.0 Å². The second kappa shape index (κ2) is 9.11. The van der Waals surface area contributed by atoms with Crippen LogP contribution in [-0.2, 0) is 6.42 Å². The molecule has 0 unspecified atom stereocenters. The number of nitrogens with zero attached hydrogens (tertiary/aromatic N) is 4.